The van der Waals surface area contributed by atoms with E-state index in [2.05, 4.69) is 169 Å². The zero-order chi connectivity index (χ0) is 33.9. The molecule has 1 aliphatic heterocycles. The van der Waals surface area contributed by atoms with E-state index in [-0.39, 0.29) is 16.8 Å². The van der Waals surface area contributed by atoms with Gasteiger partial charge in [-0.1, -0.05) is 121 Å². The third kappa shape index (κ3) is 13.2. The predicted molar refractivity (Wildman–Crippen MR) is 200 cm³/mol. The summed E-state index contributed by atoms with van der Waals surface area (Å²) in [7, 11) is 8.97. The van der Waals surface area contributed by atoms with Gasteiger partial charge in [0.2, 0.25) is 0 Å². The Balaban J connectivity index is 0.000000308. The molecule has 1 aliphatic rings. The van der Waals surface area contributed by atoms with Gasteiger partial charge in [0.25, 0.3) is 0 Å². The van der Waals surface area contributed by atoms with E-state index >= 15 is 0 Å². The van der Waals surface area contributed by atoms with E-state index in [4.69, 9.17) is 15.3 Å². The standard InChI is InChI=1S/C24H20B.C14H32N4.Co.NO3/c1-5-13-21(14-6-1)25(22-15-7-2-8-16-22,23-17-9-3-10-18-23)24-19-11-4-12-20-24;1-15-7-5-8-17(3)13-14-18(4)10-6-9-16(2)12-11-15;;2-1(3)4/h1-20H;5-14H2,1-4H3;;/q-1;;+2;-1. The van der Waals surface area contributed by atoms with Crippen LogP contribution in [0.2, 0.25) is 0 Å². The van der Waals surface area contributed by atoms with E-state index in [0.717, 1.165) is 0 Å². The molecule has 0 N–H and O–H groups in total. The summed E-state index contributed by atoms with van der Waals surface area (Å²) in [6, 6.07) is 43.5. The number of hydrogen-bond donors (Lipinski definition) is 0. The number of rotatable bonds is 4. The molecular formula is C38H52BCoN5O3. The molecule has 4 aromatic carbocycles. The minimum Gasteiger partial charge on any atom is -0.356 e. The Bertz CT molecular complexity index is 1200. The SMILES string of the molecule is CN1CCCN(C)CCN(C)CCCN(C)CC1.O=[N+]([O-])[O-].[Co+2].c1ccc([B-](c2ccccc2)(c2ccccc2)c2ccccc2)cc1. The van der Waals surface area contributed by atoms with E-state index in [1.807, 2.05) is 0 Å². The molecule has 1 radical (unpaired) electrons. The summed E-state index contributed by atoms with van der Waals surface area (Å²) in [6.07, 6.45) is 1.34. The average Bonchev–Trinajstić information content (AvgIpc) is 3.08. The molecule has 0 aliphatic carbocycles. The van der Waals surface area contributed by atoms with Crippen LogP contribution in [0.5, 0.6) is 0 Å². The van der Waals surface area contributed by atoms with E-state index in [1.165, 1.54) is 87.1 Å². The monoisotopic (exact) mass is 696 g/mol. The average molecular weight is 697 g/mol. The molecule has 0 spiro atoms. The molecule has 0 unspecified atom stereocenters. The van der Waals surface area contributed by atoms with Gasteiger partial charge in [-0.25, -0.2) is 0 Å². The third-order valence-corrected chi connectivity index (χ3v) is 9.08. The summed E-state index contributed by atoms with van der Waals surface area (Å²) < 4.78 is 0. The fourth-order valence-corrected chi connectivity index (χ4v) is 6.47. The van der Waals surface area contributed by atoms with Crippen LogP contribution in [0, 0.1) is 15.3 Å². The second-order valence-corrected chi connectivity index (χ2v) is 12.7. The van der Waals surface area contributed by atoms with Gasteiger partial charge >= 0.3 is 16.8 Å². The van der Waals surface area contributed by atoms with Gasteiger partial charge in [-0.15, -0.1) is 0 Å². The quantitative estimate of drug-likeness (QED) is 0.184. The Morgan fingerprint density at radius 1 is 0.438 bits per heavy atom. The summed E-state index contributed by atoms with van der Waals surface area (Å²) >= 11 is 0. The smallest absolute Gasteiger partial charge is 0.356 e. The first-order valence-corrected chi connectivity index (χ1v) is 16.7. The Labute approximate surface area is 298 Å². The molecule has 0 amide bonds. The largest absolute Gasteiger partial charge is 2.00 e. The first-order chi connectivity index (χ1) is 22.7. The fraction of sp³-hybridized carbons (Fsp3) is 0.368. The van der Waals surface area contributed by atoms with Crippen LogP contribution in [0.25, 0.3) is 0 Å². The maximum atomic E-state index is 8.25. The van der Waals surface area contributed by atoms with Crippen molar-refractivity contribution in [3.8, 4) is 0 Å². The molecule has 10 heteroatoms. The molecule has 259 valence electrons. The van der Waals surface area contributed by atoms with Crippen molar-refractivity contribution in [1.29, 1.82) is 0 Å². The normalized spacial score (nSPS) is 16.1. The molecule has 5 rings (SSSR count). The zero-order valence-electron chi connectivity index (χ0n) is 29.0. The van der Waals surface area contributed by atoms with Crippen LogP contribution >= 0.6 is 0 Å². The summed E-state index contributed by atoms with van der Waals surface area (Å²) in [5.74, 6) is 0. The van der Waals surface area contributed by atoms with Gasteiger partial charge < -0.3 is 34.9 Å². The second-order valence-electron chi connectivity index (χ2n) is 12.7. The van der Waals surface area contributed by atoms with Crippen molar-refractivity contribution in [3.05, 3.63) is 137 Å². The minimum absolute atomic E-state index is 0. The third-order valence-electron chi connectivity index (χ3n) is 9.08. The summed E-state index contributed by atoms with van der Waals surface area (Å²) in [5, 5.41) is 14.8. The van der Waals surface area contributed by atoms with Gasteiger partial charge in [-0.3, -0.25) is 0 Å². The molecule has 4 aromatic rings. The number of hydrogen-bond acceptors (Lipinski definition) is 7. The maximum absolute atomic E-state index is 8.25. The molecule has 1 fully saturated rings. The van der Waals surface area contributed by atoms with Gasteiger partial charge in [0, 0.05) is 26.2 Å². The van der Waals surface area contributed by atoms with Crippen molar-refractivity contribution in [2.45, 2.75) is 12.8 Å². The van der Waals surface area contributed by atoms with E-state index in [1.54, 1.807) is 0 Å². The summed E-state index contributed by atoms with van der Waals surface area (Å²) in [6.45, 7) is 9.63. The van der Waals surface area contributed by atoms with Gasteiger partial charge in [0.15, 0.2) is 0 Å². The van der Waals surface area contributed by atoms with Crippen molar-refractivity contribution < 1.29 is 21.9 Å². The zero-order valence-corrected chi connectivity index (χ0v) is 30.0. The molecule has 1 saturated heterocycles. The summed E-state index contributed by atoms with van der Waals surface area (Å²) in [4.78, 5) is 18.1. The Morgan fingerprint density at radius 3 is 0.812 bits per heavy atom. The second kappa shape index (κ2) is 22.2. The van der Waals surface area contributed by atoms with Gasteiger partial charge in [-0.05, 0) is 67.2 Å². The van der Waals surface area contributed by atoms with E-state index in [0.29, 0.717) is 0 Å². The van der Waals surface area contributed by atoms with E-state index in [9.17, 15) is 0 Å². The van der Waals surface area contributed by atoms with Crippen LogP contribution in [-0.4, -0.2) is 111 Å². The maximum Gasteiger partial charge on any atom is 2.00 e. The fourth-order valence-electron chi connectivity index (χ4n) is 6.47. The van der Waals surface area contributed by atoms with Crippen molar-refractivity contribution in [2.24, 2.45) is 0 Å². The number of nitrogens with zero attached hydrogens (tertiary/aromatic N) is 5. The predicted octanol–water partition coefficient (Wildman–Crippen LogP) is 3.33. The topological polar surface area (TPSA) is 79.2 Å². The van der Waals surface area contributed by atoms with Crippen molar-refractivity contribution in [2.75, 3.05) is 80.5 Å². The Kier molecular flexibility index (Phi) is 18.8. The molecule has 8 nitrogen and oxygen atoms in total. The molecule has 0 bridgehead atoms. The number of likely N-dealkylation sites (N-methyl/N-ethyl adjacent to an activating group) is 4. The molecule has 1 heterocycles. The minimum atomic E-state index is -1.75. The van der Waals surface area contributed by atoms with Crippen LogP contribution in [0.4, 0.5) is 0 Å². The molecular weight excluding hydrogens is 644 g/mol. The Hall–Kier alpha value is -3.51. The van der Waals surface area contributed by atoms with Crippen molar-refractivity contribution in [1.82, 2.24) is 19.6 Å². The Morgan fingerprint density at radius 2 is 0.625 bits per heavy atom. The molecule has 0 aromatic heterocycles. The van der Waals surface area contributed by atoms with E-state index < -0.39 is 11.2 Å². The van der Waals surface area contributed by atoms with Gasteiger partial charge in [0.1, 0.15) is 6.15 Å². The van der Waals surface area contributed by atoms with Crippen LogP contribution in [0.15, 0.2) is 121 Å². The summed E-state index contributed by atoms with van der Waals surface area (Å²) in [5.41, 5.74) is 5.36. The molecule has 0 saturated carbocycles. The number of benzene rings is 4. The molecule has 48 heavy (non-hydrogen) atoms. The van der Waals surface area contributed by atoms with Gasteiger partial charge in [0.05, 0.1) is 5.09 Å². The van der Waals surface area contributed by atoms with Crippen molar-refractivity contribution in [3.63, 3.8) is 0 Å². The van der Waals surface area contributed by atoms with Crippen LogP contribution in [-0.2, 0) is 16.8 Å². The molecule has 0 atom stereocenters. The van der Waals surface area contributed by atoms with Crippen LogP contribution in [0.1, 0.15) is 12.8 Å². The first kappa shape index (κ1) is 40.7. The van der Waals surface area contributed by atoms with Crippen LogP contribution in [0.3, 0.4) is 0 Å². The van der Waals surface area contributed by atoms with Gasteiger partial charge in [-0.2, -0.15) is 21.9 Å². The van der Waals surface area contributed by atoms with Crippen molar-refractivity contribution >= 4 is 28.0 Å². The van der Waals surface area contributed by atoms with Crippen LogP contribution < -0.4 is 21.9 Å². The first-order valence-electron chi connectivity index (χ1n) is 16.7.